The van der Waals surface area contributed by atoms with E-state index in [2.05, 4.69) is 59.0 Å². The van der Waals surface area contributed by atoms with Crippen LogP contribution in [0.5, 0.6) is 11.5 Å². The molecular weight excluding hydrogens is 532 g/mol. The molecule has 0 spiro atoms. The molecule has 0 saturated carbocycles. The third kappa shape index (κ3) is 7.71. The van der Waals surface area contributed by atoms with Crippen molar-refractivity contribution in [2.45, 2.75) is 58.5 Å². The summed E-state index contributed by atoms with van der Waals surface area (Å²) in [6.07, 6.45) is 0. The predicted molar refractivity (Wildman–Crippen MR) is 168 cm³/mol. The zero-order valence-corrected chi connectivity index (χ0v) is 25.8. The maximum Gasteiger partial charge on any atom is 0.152 e. The van der Waals surface area contributed by atoms with Crippen LogP contribution in [0.25, 0.3) is 11.3 Å². The van der Waals surface area contributed by atoms with Gasteiger partial charge in [-0.05, 0) is 81.6 Å². The lowest BCUT2D eigenvalue weighted by molar-refractivity contribution is 0.414. The van der Waals surface area contributed by atoms with Gasteiger partial charge in [0.05, 0.1) is 35.6 Å². The molecule has 0 aliphatic rings. The third-order valence-corrected chi connectivity index (χ3v) is 8.59. The fourth-order valence-electron chi connectivity index (χ4n) is 4.45. The zero-order valence-electron chi connectivity index (χ0n) is 25.0. The smallest absolute Gasteiger partial charge is 0.152 e. The Morgan fingerprint density at radius 2 is 1.39 bits per heavy atom. The Balaban J connectivity index is 1.78. The summed E-state index contributed by atoms with van der Waals surface area (Å²) in [6.45, 7) is 11.2. The summed E-state index contributed by atoms with van der Waals surface area (Å²) in [5, 5.41) is 9.54. The first kappa shape index (κ1) is 30.2. The minimum absolute atomic E-state index is 0.234. The lowest BCUT2D eigenvalue weighted by atomic mass is 9.98. The first-order valence-electron chi connectivity index (χ1n) is 13.7. The van der Waals surface area contributed by atoms with Gasteiger partial charge in [0, 0.05) is 30.3 Å². The quantitative estimate of drug-likeness (QED) is 0.213. The molecule has 0 saturated heterocycles. The van der Waals surface area contributed by atoms with Crippen molar-refractivity contribution < 1.29 is 13.7 Å². The van der Waals surface area contributed by atoms with Crippen molar-refractivity contribution in [3.63, 3.8) is 0 Å². The fraction of sp³-hybridized carbons (Fsp3) is 0.333. The second-order valence-corrected chi connectivity index (χ2v) is 13.1. The molecule has 0 unspecified atom stereocenters. The molecule has 8 heteroatoms. The van der Waals surface area contributed by atoms with Crippen LogP contribution in [-0.4, -0.2) is 33.4 Å². The van der Waals surface area contributed by atoms with E-state index in [0.29, 0.717) is 13.1 Å². The van der Waals surface area contributed by atoms with Crippen LogP contribution in [0.15, 0.2) is 78.9 Å². The number of methoxy groups -OCH3 is 2. The van der Waals surface area contributed by atoms with E-state index < -0.39 is 15.7 Å². The molecule has 1 aromatic heterocycles. The van der Waals surface area contributed by atoms with Crippen molar-refractivity contribution in [1.29, 1.82) is 0 Å². The van der Waals surface area contributed by atoms with Gasteiger partial charge in [-0.25, -0.2) is 8.93 Å². The zero-order chi connectivity index (χ0) is 29.6. The van der Waals surface area contributed by atoms with Gasteiger partial charge in [-0.3, -0.25) is 0 Å². The van der Waals surface area contributed by atoms with E-state index in [0.717, 1.165) is 50.8 Å². The third-order valence-electron chi connectivity index (χ3n) is 6.91. The number of hydrogen-bond donors (Lipinski definition) is 1. The Bertz CT molecular complexity index is 1420. The summed E-state index contributed by atoms with van der Waals surface area (Å²) < 4.78 is 26.7. The second kappa shape index (κ2) is 13.3. The maximum atomic E-state index is 13.1. The number of nitrogens with one attached hydrogen (secondary N) is 1. The lowest BCUT2D eigenvalue weighted by Crippen LogP contribution is -2.35. The maximum absolute atomic E-state index is 13.1. The van der Waals surface area contributed by atoms with Gasteiger partial charge in [0.1, 0.15) is 11.5 Å². The second-order valence-electron chi connectivity index (χ2n) is 11.1. The molecule has 0 fully saturated rings. The highest BCUT2D eigenvalue weighted by molar-refractivity contribution is 7.84. The van der Waals surface area contributed by atoms with E-state index in [1.807, 2.05) is 64.1 Å². The predicted octanol–water partition coefficient (Wildman–Crippen LogP) is 6.79. The SMILES string of the molecule is COc1ccc(CN(Cc2ccc(OC)cc2)c2cc([C@H](C)N[S@](=O)C(C)(C)C)c(-c3ccccc3C)nn2)cc1. The van der Waals surface area contributed by atoms with Gasteiger partial charge in [-0.15, -0.1) is 10.2 Å². The summed E-state index contributed by atoms with van der Waals surface area (Å²) in [6, 6.07) is 26.1. The van der Waals surface area contributed by atoms with Gasteiger partial charge in [0.2, 0.25) is 0 Å². The number of aromatic nitrogens is 2. The van der Waals surface area contributed by atoms with Crippen molar-refractivity contribution in [1.82, 2.24) is 14.9 Å². The Kier molecular flexibility index (Phi) is 9.78. The molecule has 0 aliphatic heterocycles. The van der Waals surface area contributed by atoms with Crippen molar-refractivity contribution in [2.24, 2.45) is 0 Å². The highest BCUT2D eigenvalue weighted by atomic mass is 32.2. The molecule has 4 aromatic rings. The molecular formula is C33H40N4O3S. The van der Waals surface area contributed by atoms with Gasteiger partial charge in [-0.2, -0.15) is 0 Å². The fourth-order valence-corrected chi connectivity index (χ4v) is 5.25. The largest absolute Gasteiger partial charge is 0.497 e. The Hall–Kier alpha value is -3.75. The Morgan fingerprint density at radius 3 is 1.88 bits per heavy atom. The number of nitrogens with zero attached hydrogens (tertiary/aromatic N) is 3. The monoisotopic (exact) mass is 572 g/mol. The van der Waals surface area contributed by atoms with Gasteiger partial charge >= 0.3 is 0 Å². The van der Waals surface area contributed by atoms with Crippen LogP contribution in [-0.2, 0) is 24.1 Å². The average molecular weight is 573 g/mol. The number of rotatable bonds is 11. The average Bonchev–Trinajstić information content (AvgIpc) is 2.97. The van der Waals surface area contributed by atoms with Crippen molar-refractivity contribution in [2.75, 3.05) is 19.1 Å². The van der Waals surface area contributed by atoms with Crippen LogP contribution >= 0.6 is 0 Å². The molecule has 0 amide bonds. The molecule has 41 heavy (non-hydrogen) atoms. The normalized spacial score (nSPS) is 13.0. The van der Waals surface area contributed by atoms with Gasteiger partial charge in [0.15, 0.2) is 5.82 Å². The van der Waals surface area contributed by atoms with E-state index in [-0.39, 0.29) is 6.04 Å². The van der Waals surface area contributed by atoms with Gasteiger partial charge in [0.25, 0.3) is 0 Å². The molecule has 1 heterocycles. The minimum Gasteiger partial charge on any atom is -0.497 e. The van der Waals surface area contributed by atoms with E-state index in [1.54, 1.807) is 14.2 Å². The summed E-state index contributed by atoms with van der Waals surface area (Å²) in [5.41, 5.74) is 6.07. The number of benzene rings is 3. The lowest BCUT2D eigenvalue weighted by Gasteiger charge is -2.27. The number of anilines is 1. The van der Waals surface area contributed by atoms with Crippen LogP contribution in [0.1, 0.15) is 56.0 Å². The molecule has 2 atom stereocenters. The van der Waals surface area contributed by atoms with E-state index in [1.165, 1.54) is 0 Å². The van der Waals surface area contributed by atoms with Crippen LogP contribution in [0.2, 0.25) is 0 Å². The Morgan fingerprint density at radius 1 is 0.854 bits per heavy atom. The summed E-state index contributed by atoms with van der Waals surface area (Å²) in [7, 11) is 2.07. The van der Waals surface area contributed by atoms with Crippen LogP contribution in [0, 0.1) is 6.92 Å². The molecule has 7 nitrogen and oxygen atoms in total. The molecule has 0 radical (unpaired) electrons. The number of aryl methyl sites for hydroxylation is 1. The van der Waals surface area contributed by atoms with Gasteiger partial charge in [-0.1, -0.05) is 48.5 Å². The first-order chi connectivity index (χ1) is 19.6. The highest BCUT2D eigenvalue weighted by Gasteiger charge is 2.25. The standard InChI is InChI=1S/C33H40N4O3S/c1-23-10-8-9-11-29(23)32-30(24(2)36-41(38)33(3,4)5)20-31(34-35-32)37(21-25-12-16-27(39-6)17-13-25)22-26-14-18-28(40-7)19-15-26/h8-20,24,36H,21-22H2,1-7H3/t24-,41+/m0/s1. The molecule has 3 aromatic carbocycles. The molecule has 1 N–H and O–H groups in total. The number of hydrogen-bond acceptors (Lipinski definition) is 6. The van der Waals surface area contributed by atoms with E-state index in [4.69, 9.17) is 19.7 Å². The topological polar surface area (TPSA) is 76.6 Å². The first-order valence-corrected chi connectivity index (χ1v) is 14.9. The molecule has 0 bridgehead atoms. The molecule has 216 valence electrons. The van der Waals surface area contributed by atoms with Crippen LogP contribution in [0.3, 0.4) is 0 Å². The van der Waals surface area contributed by atoms with Crippen molar-refractivity contribution >= 4 is 16.8 Å². The van der Waals surface area contributed by atoms with Crippen LogP contribution < -0.4 is 19.1 Å². The highest BCUT2D eigenvalue weighted by Crippen LogP contribution is 2.32. The van der Waals surface area contributed by atoms with E-state index in [9.17, 15) is 4.21 Å². The number of ether oxygens (including phenoxy) is 2. The van der Waals surface area contributed by atoms with Crippen molar-refractivity contribution in [3.8, 4) is 22.8 Å². The molecule has 0 aliphatic carbocycles. The molecule has 4 rings (SSSR count). The van der Waals surface area contributed by atoms with Crippen LogP contribution in [0.4, 0.5) is 5.82 Å². The summed E-state index contributed by atoms with van der Waals surface area (Å²) in [4.78, 5) is 2.20. The Labute approximate surface area is 246 Å². The summed E-state index contributed by atoms with van der Waals surface area (Å²) >= 11 is 0. The summed E-state index contributed by atoms with van der Waals surface area (Å²) in [5.74, 6) is 2.36. The van der Waals surface area contributed by atoms with E-state index >= 15 is 0 Å². The minimum atomic E-state index is -1.26. The van der Waals surface area contributed by atoms with Gasteiger partial charge < -0.3 is 14.4 Å². The van der Waals surface area contributed by atoms with Crippen molar-refractivity contribution in [3.05, 3.63) is 101 Å².